The highest BCUT2D eigenvalue weighted by atomic mass is 16.2. The number of carbonyl (C=O) groups excluding carboxylic acids is 1. The van der Waals surface area contributed by atoms with Crippen LogP contribution in [0.15, 0.2) is 46.2 Å². The first-order valence-corrected chi connectivity index (χ1v) is 11.3. The van der Waals surface area contributed by atoms with Crippen LogP contribution in [0.3, 0.4) is 0 Å². The monoisotopic (exact) mass is 398 g/mol. The quantitative estimate of drug-likeness (QED) is 0.437. The summed E-state index contributed by atoms with van der Waals surface area (Å²) in [5.41, 5.74) is 7.42. The van der Waals surface area contributed by atoms with Crippen molar-refractivity contribution in [1.82, 2.24) is 9.80 Å². The standard InChI is InChI=1S/C26H42N2O/c1-19(2)10-8-11-20(3)12-9-13-21-14-17-23(26(29)28(6)7)24(18-21)25(27(4)5)22-15-16-22/h10,12,14,23-24H,8-9,11,13,15-18H2,1-7H3/b20-12+. The molecule has 0 aromatic carbocycles. The lowest BCUT2D eigenvalue weighted by atomic mass is 9.75. The molecule has 0 saturated heterocycles. The fraction of sp³-hybridized carbons (Fsp3) is 0.654. The summed E-state index contributed by atoms with van der Waals surface area (Å²) in [7, 11) is 8.07. The van der Waals surface area contributed by atoms with E-state index in [0.717, 1.165) is 38.5 Å². The summed E-state index contributed by atoms with van der Waals surface area (Å²) in [6.45, 7) is 6.58. The summed E-state index contributed by atoms with van der Waals surface area (Å²) < 4.78 is 0. The Hall–Kier alpha value is -1.77. The van der Waals surface area contributed by atoms with Crippen LogP contribution in [-0.2, 0) is 4.79 Å². The molecular weight excluding hydrogens is 356 g/mol. The van der Waals surface area contributed by atoms with E-state index in [4.69, 9.17) is 0 Å². The smallest absolute Gasteiger partial charge is 0.226 e. The minimum Gasteiger partial charge on any atom is -0.381 e. The number of amides is 1. The van der Waals surface area contributed by atoms with Gasteiger partial charge in [0.05, 0.1) is 5.92 Å². The predicted molar refractivity (Wildman–Crippen MR) is 125 cm³/mol. The van der Waals surface area contributed by atoms with Crippen molar-refractivity contribution in [2.24, 2.45) is 11.8 Å². The molecule has 2 aliphatic carbocycles. The number of hydrogen-bond donors (Lipinski definition) is 0. The Balaban J connectivity index is 2.05. The number of allylic oxidation sites excluding steroid dienone is 8. The van der Waals surface area contributed by atoms with Gasteiger partial charge in [-0.1, -0.05) is 40.5 Å². The SMILES string of the molecule is CC(C)=CCC/C(C)=C/CCC1=CCC(C(=O)N(C)C)C(C(=C2CC2)N(C)C)C1. The molecule has 0 heterocycles. The minimum absolute atomic E-state index is 0.0839. The molecule has 0 aliphatic heterocycles. The van der Waals surface area contributed by atoms with Gasteiger partial charge in [0.25, 0.3) is 0 Å². The second-order valence-corrected chi connectivity index (χ2v) is 9.54. The molecule has 2 rings (SSSR count). The summed E-state index contributed by atoms with van der Waals surface area (Å²) in [6.07, 6.45) is 16.0. The van der Waals surface area contributed by atoms with Crippen LogP contribution < -0.4 is 0 Å². The van der Waals surface area contributed by atoms with Gasteiger partial charge in [0, 0.05) is 39.8 Å². The highest BCUT2D eigenvalue weighted by molar-refractivity contribution is 5.79. The molecule has 1 saturated carbocycles. The zero-order valence-corrected chi connectivity index (χ0v) is 19.8. The van der Waals surface area contributed by atoms with E-state index >= 15 is 0 Å². The van der Waals surface area contributed by atoms with Gasteiger partial charge in [-0.15, -0.1) is 0 Å². The molecule has 0 radical (unpaired) electrons. The summed E-state index contributed by atoms with van der Waals surface area (Å²) >= 11 is 0. The molecule has 0 N–H and O–H groups in total. The Morgan fingerprint density at radius 1 is 1.00 bits per heavy atom. The van der Waals surface area contributed by atoms with Crippen molar-refractivity contribution in [2.75, 3.05) is 28.2 Å². The second-order valence-electron chi connectivity index (χ2n) is 9.54. The predicted octanol–water partition coefficient (Wildman–Crippen LogP) is 6.11. The maximum absolute atomic E-state index is 12.9. The van der Waals surface area contributed by atoms with Crippen molar-refractivity contribution in [1.29, 1.82) is 0 Å². The first-order chi connectivity index (χ1) is 13.7. The van der Waals surface area contributed by atoms with Crippen LogP contribution in [0.5, 0.6) is 0 Å². The molecule has 0 bridgehead atoms. The Labute approximate surface area is 179 Å². The number of hydrogen-bond acceptors (Lipinski definition) is 2. The van der Waals surface area contributed by atoms with Gasteiger partial charge in [-0.05, 0) is 72.1 Å². The molecule has 0 aromatic rings. The lowest BCUT2D eigenvalue weighted by molar-refractivity contribution is -0.134. The van der Waals surface area contributed by atoms with E-state index in [-0.39, 0.29) is 11.8 Å². The molecule has 2 atom stereocenters. The average molecular weight is 399 g/mol. The van der Waals surface area contributed by atoms with Gasteiger partial charge in [-0.3, -0.25) is 4.79 Å². The summed E-state index contributed by atoms with van der Waals surface area (Å²) in [5, 5.41) is 0. The zero-order chi connectivity index (χ0) is 21.6. The Morgan fingerprint density at radius 2 is 1.69 bits per heavy atom. The van der Waals surface area contributed by atoms with Gasteiger partial charge >= 0.3 is 0 Å². The summed E-state index contributed by atoms with van der Waals surface area (Å²) in [4.78, 5) is 16.9. The van der Waals surface area contributed by atoms with Crippen molar-refractivity contribution in [3.8, 4) is 0 Å². The normalized spacial score (nSPS) is 21.4. The lowest BCUT2D eigenvalue weighted by Crippen LogP contribution is -2.38. The molecule has 0 spiro atoms. The molecule has 2 unspecified atom stereocenters. The maximum Gasteiger partial charge on any atom is 0.226 e. The fourth-order valence-electron chi connectivity index (χ4n) is 4.49. The molecule has 0 aromatic heterocycles. The average Bonchev–Trinajstić information content (AvgIpc) is 3.45. The van der Waals surface area contributed by atoms with Crippen LogP contribution in [0, 0.1) is 11.8 Å². The van der Waals surface area contributed by atoms with Gasteiger partial charge in [0.15, 0.2) is 0 Å². The highest BCUT2D eigenvalue weighted by Gasteiger charge is 2.37. The van der Waals surface area contributed by atoms with Gasteiger partial charge in [-0.25, -0.2) is 0 Å². The van der Waals surface area contributed by atoms with Crippen molar-refractivity contribution >= 4 is 5.91 Å². The number of rotatable bonds is 9. The van der Waals surface area contributed by atoms with Crippen LogP contribution in [0.1, 0.15) is 72.1 Å². The highest BCUT2D eigenvalue weighted by Crippen LogP contribution is 2.44. The third-order valence-corrected chi connectivity index (χ3v) is 6.13. The van der Waals surface area contributed by atoms with Crippen molar-refractivity contribution < 1.29 is 4.79 Å². The first kappa shape index (κ1) is 23.5. The molecule has 3 nitrogen and oxygen atoms in total. The van der Waals surface area contributed by atoms with E-state index in [1.807, 2.05) is 14.1 Å². The Kier molecular flexibility index (Phi) is 8.79. The van der Waals surface area contributed by atoms with E-state index < -0.39 is 0 Å². The van der Waals surface area contributed by atoms with Gasteiger partial charge in [0.2, 0.25) is 5.91 Å². The summed E-state index contributed by atoms with van der Waals surface area (Å²) in [5.74, 6) is 0.696. The topological polar surface area (TPSA) is 23.6 Å². The van der Waals surface area contributed by atoms with Crippen molar-refractivity contribution in [3.63, 3.8) is 0 Å². The molecular formula is C26H42N2O. The van der Waals surface area contributed by atoms with Crippen LogP contribution in [0.2, 0.25) is 0 Å². The van der Waals surface area contributed by atoms with E-state index in [0.29, 0.717) is 5.92 Å². The Morgan fingerprint density at radius 3 is 2.24 bits per heavy atom. The third kappa shape index (κ3) is 7.21. The first-order valence-electron chi connectivity index (χ1n) is 11.3. The summed E-state index contributed by atoms with van der Waals surface area (Å²) in [6, 6.07) is 0. The minimum atomic E-state index is 0.0839. The van der Waals surface area contributed by atoms with Gasteiger partial charge in [0.1, 0.15) is 0 Å². The van der Waals surface area contributed by atoms with Crippen molar-refractivity contribution in [2.45, 2.75) is 72.1 Å². The van der Waals surface area contributed by atoms with E-state index in [2.05, 4.69) is 58.0 Å². The number of carbonyl (C=O) groups is 1. The Bertz CT molecular complexity index is 696. The molecule has 3 heteroatoms. The molecule has 1 fully saturated rings. The molecule has 29 heavy (non-hydrogen) atoms. The zero-order valence-electron chi connectivity index (χ0n) is 19.8. The lowest BCUT2D eigenvalue weighted by Gasteiger charge is -2.36. The van der Waals surface area contributed by atoms with Gasteiger partial charge in [-0.2, -0.15) is 0 Å². The van der Waals surface area contributed by atoms with E-state index in [9.17, 15) is 4.79 Å². The molecule has 1 amide bonds. The maximum atomic E-state index is 12.9. The van der Waals surface area contributed by atoms with Gasteiger partial charge < -0.3 is 9.80 Å². The van der Waals surface area contributed by atoms with E-state index in [1.165, 1.54) is 35.3 Å². The van der Waals surface area contributed by atoms with Crippen LogP contribution >= 0.6 is 0 Å². The number of nitrogens with zero attached hydrogens (tertiary/aromatic N) is 2. The van der Waals surface area contributed by atoms with Crippen LogP contribution in [-0.4, -0.2) is 43.9 Å². The molecule has 162 valence electrons. The molecule has 2 aliphatic rings. The van der Waals surface area contributed by atoms with Crippen LogP contribution in [0.4, 0.5) is 0 Å². The fourth-order valence-corrected chi connectivity index (χ4v) is 4.49. The van der Waals surface area contributed by atoms with E-state index in [1.54, 1.807) is 10.5 Å². The second kappa shape index (κ2) is 10.8. The van der Waals surface area contributed by atoms with Crippen LogP contribution in [0.25, 0.3) is 0 Å². The largest absolute Gasteiger partial charge is 0.381 e. The third-order valence-electron chi connectivity index (χ3n) is 6.13. The van der Waals surface area contributed by atoms with Crippen molar-refractivity contribution in [3.05, 3.63) is 46.2 Å².